The molecule has 1 fully saturated rings. The monoisotopic (exact) mass is 1140 g/mol. The maximum absolute atomic E-state index is 14.7. The van der Waals surface area contributed by atoms with Crippen LogP contribution in [0.5, 0.6) is 0 Å². The van der Waals surface area contributed by atoms with Crippen LogP contribution in [0.4, 0.5) is 0 Å². The van der Waals surface area contributed by atoms with E-state index in [1.165, 1.54) is 24.3 Å². The normalized spacial score (nSPS) is 16.1. The molecule has 0 aliphatic carbocycles. The number of para-hydroxylation sites is 1. The summed E-state index contributed by atoms with van der Waals surface area (Å²) in [4.78, 5) is 149. The van der Waals surface area contributed by atoms with Gasteiger partial charge in [0.2, 0.25) is 59.1 Å². The number of carbonyl (C=O) groups excluding carboxylic acids is 10. The van der Waals surface area contributed by atoms with Gasteiger partial charge in [0.25, 0.3) is 0 Å². The molecule has 0 radical (unpaired) electrons. The third-order valence-electron chi connectivity index (χ3n) is 14.3. The number of fused-ring (bicyclic) bond motifs is 1. The minimum absolute atomic E-state index is 0.00374. The zero-order valence-corrected chi connectivity index (χ0v) is 47.4. The molecule has 5 aromatic rings. The Labute approximate surface area is 481 Å². The zero-order valence-electron chi connectivity index (χ0n) is 47.4. The Morgan fingerprint density at radius 2 is 1.14 bits per heavy atom. The minimum Gasteiger partial charge on any atom is -0.370 e. The van der Waals surface area contributed by atoms with Gasteiger partial charge in [-0.25, -0.2) is 4.98 Å². The molecule has 3 aromatic carbocycles. The molecule has 1 aliphatic rings. The second-order valence-corrected chi connectivity index (χ2v) is 21.9. The van der Waals surface area contributed by atoms with Gasteiger partial charge in [-0.2, -0.15) is 0 Å². The number of aromatic amines is 2. The fourth-order valence-electron chi connectivity index (χ4n) is 9.86. The highest BCUT2D eigenvalue weighted by Crippen LogP contribution is 2.22. The molecular weight excluding hydrogens is 1060 g/mol. The summed E-state index contributed by atoms with van der Waals surface area (Å²) >= 11 is 0. The van der Waals surface area contributed by atoms with E-state index in [1.54, 1.807) is 66.9 Å². The minimum atomic E-state index is -1.36. The largest absolute Gasteiger partial charge is 0.370 e. The van der Waals surface area contributed by atoms with Gasteiger partial charge in [-0.3, -0.25) is 47.9 Å². The Balaban J connectivity index is 1.17. The van der Waals surface area contributed by atoms with E-state index in [1.807, 2.05) is 52.0 Å². The summed E-state index contributed by atoms with van der Waals surface area (Å²) in [6.45, 7) is 8.87. The fraction of sp³-hybridized carbons (Fsp3) is 0.441. The van der Waals surface area contributed by atoms with Crippen molar-refractivity contribution in [3.05, 3.63) is 126 Å². The van der Waals surface area contributed by atoms with Gasteiger partial charge >= 0.3 is 0 Å². The molecule has 0 bridgehead atoms. The van der Waals surface area contributed by atoms with Crippen LogP contribution in [-0.2, 0) is 73.6 Å². The lowest BCUT2D eigenvalue weighted by atomic mass is 9.99. The summed E-state index contributed by atoms with van der Waals surface area (Å²) in [5.74, 6) is -7.27. The first kappa shape index (κ1) is 63.3. The van der Waals surface area contributed by atoms with Gasteiger partial charge in [-0.1, -0.05) is 107 Å². The van der Waals surface area contributed by atoms with Crippen LogP contribution in [0.2, 0.25) is 0 Å². The highest BCUT2D eigenvalue weighted by atomic mass is 16.2. The predicted molar refractivity (Wildman–Crippen MR) is 308 cm³/mol. The maximum atomic E-state index is 14.7. The van der Waals surface area contributed by atoms with Gasteiger partial charge in [-0.05, 0) is 73.6 Å². The van der Waals surface area contributed by atoms with Crippen LogP contribution in [0, 0.1) is 11.8 Å². The van der Waals surface area contributed by atoms with Crippen molar-refractivity contribution >= 4 is 70.0 Å². The summed E-state index contributed by atoms with van der Waals surface area (Å²) in [5, 5.41) is 19.8. The number of nitrogens with one attached hydrogen (secondary N) is 9. The Morgan fingerprint density at radius 1 is 0.602 bits per heavy atom. The molecule has 15 N–H and O–H groups in total. The van der Waals surface area contributed by atoms with Gasteiger partial charge in [-0.15, -0.1) is 0 Å². The Kier molecular flexibility index (Phi) is 23.0. The van der Waals surface area contributed by atoms with E-state index in [4.69, 9.17) is 17.2 Å². The van der Waals surface area contributed by atoms with Crippen LogP contribution in [0.1, 0.15) is 89.1 Å². The van der Waals surface area contributed by atoms with Crippen molar-refractivity contribution in [2.45, 2.75) is 147 Å². The molecule has 0 spiro atoms. The van der Waals surface area contributed by atoms with Gasteiger partial charge in [0.15, 0.2) is 0 Å². The molecule has 444 valence electrons. The second-order valence-electron chi connectivity index (χ2n) is 21.9. The molecule has 83 heavy (non-hydrogen) atoms. The number of primary amides is 2. The molecule has 1 saturated heterocycles. The molecule has 10 amide bonds. The molecule has 6 unspecified atom stereocenters. The average molecular weight is 1140 g/mol. The van der Waals surface area contributed by atoms with Crippen LogP contribution in [-0.4, -0.2) is 140 Å². The number of hydrogen-bond donors (Lipinski definition) is 12. The quantitative estimate of drug-likeness (QED) is 0.0286. The van der Waals surface area contributed by atoms with Crippen molar-refractivity contribution < 1.29 is 47.9 Å². The molecule has 0 saturated carbocycles. The number of nitrogens with two attached hydrogens (primary N) is 3. The van der Waals surface area contributed by atoms with Crippen LogP contribution >= 0.6 is 0 Å². The van der Waals surface area contributed by atoms with Crippen molar-refractivity contribution in [2.24, 2.45) is 29.0 Å². The number of likely N-dealkylation sites (tertiary alicyclic amines) is 1. The lowest BCUT2D eigenvalue weighted by molar-refractivity contribution is -0.141. The number of nitrogens with zero attached hydrogens (tertiary/aromatic N) is 2. The van der Waals surface area contributed by atoms with Crippen LogP contribution in [0.15, 0.2) is 104 Å². The highest BCUT2D eigenvalue weighted by molar-refractivity contribution is 5.99. The number of aromatic nitrogens is 3. The number of benzene rings is 3. The molecule has 3 heterocycles. The first-order chi connectivity index (χ1) is 39.6. The Hall–Kier alpha value is -8.93. The maximum Gasteiger partial charge on any atom is 0.245 e. The topological polar surface area (TPSA) is 381 Å². The van der Waals surface area contributed by atoms with Crippen LogP contribution < -0.4 is 54.4 Å². The standard InChI is InChI=1S/C59H78N14O10/c1-33(2)24-45(51(62)75)69-56(80)46(25-34(3)4)70-57(81)48(29-39-31-63-32-65-39)72-58(82)49(27-37-16-10-7-11-17-37)73-23-22-44(59(73)83)68-52(76)35(5)66-55(79)47(28-38-30-64-42-19-13-12-18-40(38)42)71-54(78)43(20-21-50(61)74)67-53(77)41(60)26-36-14-8-6-9-15-36/h6-19,30-35,41,43-49,64H,20-29,60H2,1-5H3,(H2,61,74)(H2,62,75)(H,63,65)(H,66,79)(H,67,77)(H,68,76)(H,69,80)(H,70,81)(H,71,78)(H,72,82)/t35?,41-,43?,44+,45?,46?,47?,48?,49+/m1/s1. The molecule has 6 rings (SSSR count). The molecule has 2 aromatic heterocycles. The van der Waals surface area contributed by atoms with Gasteiger partial charge in [0.05, 0.1) is 12.4 Å². The third kappa shape index (κ3) is 18.8. The smallest absolute Gasteiger partial charge is 0.245 e. The molecule has 24 heteroatoms. The number of imidazole rings is 1. The zero-order chi connectivity index (χ0) is 60.3. The lowest BCUT2D eigenvalue weighted by Gasteiger charge is -2.30. The van der Waals surface area contributed by atoms with Crippen molar-refractivity contribution in [1.29, 1.82) is 0 Å². The van der Waals surface area contributed by atoms with E-state index in [0.29, 0.717) is 16.8 Å². The van der Waals surface area contributed by atoms with E-state index >= 15 is 0 Å². The van der Waals surface area contributed by atoms with Gasteiger partial charge in [0.1, 0.15) is 48.3 Å². The van der Waals surface area contributed by atoms with Crippen molar-refractivity contribution in [3.8, 4) is 0 Å². The van der Waals surface area contributed by atoms with E-state index < -0.39 is 113 Å². The summed E-state index contributed by atoms with van der Waals surface area (Å²) in [6.07, 6.45) is 4.54. The Bertz CT molecular complexity index is 3040. The third-order valence-corrected chi connectivity index (χ3v) is 14.3. The van der Waals surface area contributed by atoms with Crippen molar-refractivity contribution in [2.75, 3.05) is 6.54 Å². The molecular formula is C59H78N14O10. The average Bonchev–Trinajstić information content (AvgIpc) is 4.29. The number of H-pyrrole nitrogens is 2. The molecule has 24 nitrogen and oxygen atoms in total. The first-order valence-electron chi connectivity index (χ1n) is 27.9. The van der Waals surface area contributed by atoms with Crippen molar-refractivity contribution in [1.82, 2.24) is 57.1 Å². The fourth-order valence-corrected chi connectivity index (χ4v) is 9.86. The van der Waals surface area contributed by atoms with E-state index in [-0.39, 0.29) is 76.2 Å². The van der Waals surface area contributed by atoms with E-state index in [2.05, 4.69) is 52.2 Å². The predicted octanol–water partition coefficient (Wildman–Crippen LogP) is 0.346. The number of hydrogen-bond acceptors (Lipinski definition) is 12. The van der Waals surface area contributed by atoms with E-state index in [0.717, 1.165) is 16.5 Å². The first-order valence-corrected chi connectivity index (χ1v) is 27.9. The van der Waals surface area contributed by atoms with Crippen LogP contribution in [0.3, 0.4) is 0 Å². The van der Waals surface area contributed by atoms with E-state index in [9.17, 15) is 47.9 Å². The van der Waals surface area contributed by atoms with Gasteiger partial charge < -0.3 is 69.3 Å². The molecule has 1 aliphatic heterocycles. The summed E-state index contributed by atoms with van der Waals surface area (Å²) in [6, 6.07) is 14.3. The summed E-state index contributed by atoms with van der Waals surface area (Å²) in [5.41, 5.74) is 20.7. The second kappa shape index (κ2) is 30.2. The summed E-state index contributed by atoms with van der Waals surface area (Å²) in [7, 11) is 0. The number of rotatable bonds is 31. The lowest BCUT2D eigenvalue weighted by Crippen LogP contribution is -2.60. The number of amides is 10. The summed E-state index contributed by atoms with van der Waals surface area (Å²) < 4.78 is 0. The Morgan fingerprint density at radius 3 is 1.77 bits per heavy atom. The molecule has 9 atom stereocenters. The SMILES string of the molecule is CC(C)CC(NC(=O)C(CC(C)C)NC(=O)C(Cc1cnc[nH]1)NC(=O)[C@H](Cc1ccccc1)N1CC[C@H](NC(=O)C(C)NC(=O)C(Cc2c[nH]c3ccccc23)NC(=O)C(CCC(N)=O)NC(=O)[C@H](N)Cc2ccccc2)C1=O)C(N)=O. The van der Waals surface area contributed by atoms with Crippen molar-refractivity contribution in [3.63, 3.8) is 0 Å². The highest BCUT2D eigenvalue weighted by Gasteiger charge is 2.42. The number of carbonyl (C=O) groups is 10. The van der Waals surface area contributed by atoms with Crippen LogP contribution in [0.25, 0.3) is 10.9 Å². The van der Waals surface area contributed by atoms with Gasteiger partial charge in [0, 0.05) is 61.2 Å².